The Labute approximate surface area is 360 Å². The predicted octanol–water partition coefficient (Wildman–Crippen LogP) is 10.3. The minimum absolute atomic E-state index is 0.0829. The summed E-state index contributed by atoms with van der Waals surface area (Å²) in [6.07, 6.45) is 7.32. The van der Waals surface area contributed by atoms with Gasteiger partial charge in [-0.05, 0) is 107 Å². The molecule has 0 aromatic heterocycles. The molecule has 0 amide bonds. The summed E-state index contributed by atoms with van der Waals surface area (Å²) in [5.74, 6) is 0.825. The molecule has 13 heteroatoms. The number of benzene rings is 1. The Kier molecular flexibility index (Phi) is 20.1. The molecule has 0 N–H and O–H groups in total. The smallest absolute Gasteiger partial charge is 0.192 e. The molecule has 3 aliphatic heterocycles. The molecule has 8 atom stereocenters. The van der Waals surface area contributed by atoms with Crippen molar-refractivity contribution in [2.45, 2.75) is 197 Å². The Morgan fingerprint density at radius 2 is 1.54 bits per heavy atom. The van der Waals surface area contributed by atoms with E-state index in [0.717, 1.165) is 68.0 Å². The van der Waals surface area contributed by atoms with Gasteiger partial charge in [-0.1, -0.05) is 71.9 Å². The number of ether oxygens (including phenoxy) is 9. The van der Waals surface area contributed by atoms with Crippen molar-refractivity contribution < 1.29 is 51.5 Å². The van der Waals surface area contributed by atoms with Crippen LogP contribution >= 0.6 is 0 Å². The summed E-state index contributed by atoms with van der Waals surface area (Å²) >= 11 is 0. The average molecular weight is 867 g/mol. The lowest BCUT2D eigenvalue weighted by Crippen LogP contribution is -2.49. The molecule has 0 saturated carbocycles. The van der Waals surface area contributed by atoms with Gasteiger partial charge in [-0.2, -0.15) is 0 Å². The van der Waals surface area contributed by atoms with Crippen molar-refractivity contribution in [2.24, 2.45) is 0 Å². The third kappa shape index (κ3) is 14.4. The van der Waals surface area contributed by atoms with Gasteiger partial charge in [0.1, 0.15) is 43.9 Å². The first-order chi connectivity index (χ1) is 28.1. The van der Waals surface area contributed by atoms with E-state index in [-0.39, 0.29) is 62.0 Å². The number of hydrogen-bond acceptors (Lipinski definition) is 11. The van der Waals surface area contributed by atoms with Crippen molar-refractivity contribution in [3.8, 4) is 0 Å². The maximum atomic E-state index is 7.28. The Hall–Kier alpha value is -1.21. The zero-order valence-corrected chi connectivity index (χ0v) is 40.9. The largest absolute Gasteiger partial charge is 0.487 e. The van der Waals surface area contributed by atoms with E-state index in [2.05, 4.69) is 86.7 Å². The number of fused-ring (bicyclic) bond motifs is 2. The van der Waals surface area contributed by atoms with Crippen molar-refractivity contribution >= 4 is 16.6 Å². The molecule has 2 fully saturated rings. The van der Waals surface area contributed by atoms with Crippen LogP contribution in [-0.4, -0.2) is 112 Å². The number of methoxy groups -OCH3 is 2. The van der Waals surface area contributed by atoms with Crippen LogP contribution < -0.4 is 0 Å². The molecule has 2 saturated heterocycles. The maximum absolute atomic E-state index is 7.28. The van der Waals surface area contributed by atoms with Crippen LogP contribution in [0.1, 0.15) is 112 Å². The SMILES string of the molecule is CC[Si](CC)(CC)O[C@H](CO[Si](C)(C)C(C)(C)C)CC(OCOCc1ccccc1)C1=CC[C@@H]2O[C@@H]3CC[C@](C)(OCOC)[C@@H](CCCOCOC)O[C@H]3CC[C@@]2(C)O1. The molecular weight excluding hydrogens is 785 g/mol. The van der Waals surface area contributed by atoms with Crippen LogP contribution in [0.3, 0.4) is 0 Å². The minimum atomic E-state index is -2.06. The molecule has 4 rings (SSSR count). The third-order valence-electron chi connectivity index (χ3n) is 13.7. The van der Waals surface area contributed by atoms with Crippen LogP contribution in [0.2, 0.25) is 36.3 Å². The van der Waals surface area contributed by atoms with Crippen LogP contribution in [0.15, 0.2) is 42.2 Å². The topological polar surface area (TPSA) is 102 Å². The van der Waals surface area contributed by atoms with Gasteiger partial charge in [-0.15, -0.1) is 0 Å². The highest BCUT2D eigenvalue weighted by atomic mass is 28.4. The van der Waals surface area contributed by atoms with Crippen LogP contribution in [0.25, 0.3) is 0 Å². The molecule has 11 nitrogen and oxygen atoms in total. The monoisotopic (exact) mass is 867 g/mol. The molecule has 3 heterocycles. The van der Waals surface area contributed by atoms with E-state index in [0.29, 0.717) is 32.7 Å². The second-order valence-corrected chi connectivity index (χ2v) is 28.4. The van der Waals surface area contributed by atoms with Gasteiger partial charge in [-0.25, -0.2) is 0 Å². The zero-order valence-electron chi connectivity index (χ0n) is 38.9. The van der Waals surface area contributed by atoms with Gasteiger partial charge in [0.2, 0.25) is 0 Å². The van der Waals surface area contributed by atoms with E-state index in [4.69, 9.17) is 51.5 Å². The van der Waals surface area contributed by atoms with Gasteiger partial charge in [0.05, 0.1) is 43.2 Å². The summed E-state index contributed by atoms with van der Waals surface area (Å²) in [6.45, 7) is 24.9. The van der Waals surface area contributed by atoms with E-state index < -0.39 is 27.8 Å². The average Bonchev–Trinajstić information content (AvgIpc) is 3.44. The second kappa shape index (κ2) is 23.5. The fourth-order valence-electron chi connectivity index (χ4n) is 8.36. The molecular formula is C46H82O11Si2. The molecule has 340 valence electrons. The van der Waals surface area contributed by atoms with Gasteiger partial charge in [0, 0.05) is 27.2 Å². The number of hydrogen-bond donors (Lipinski definition) is 0. The predicted molar refractivity (Wildman–Crippen MR) is 237 cm³/mol. The van der Waals surface area contributed by atoms with Crippen molar-refractivity contribution in [3.05, 3.63) is 47.7 Å². The fourth-order valence-corrected chi connectivity index (χ4v) is 12.3. The molecule has 0 radical (unpaired) electrons. The van der Waals surface area contributed by atoms with Crippen molar-refractivity contribution in [2.75, 3.05) is 47.8 Å². The summed E-state index contributed by atoms with van der Waals surface area (Å²) in [4.78, 5) is 0. The first-order valence-electron chi connectivity index (χ1n) is 22.5. The van der Waals surface area contributed by atoms with E-state index in [1.165, 1.54) is 0 Å². The quantitative estimate of drug-likeness (QED) is 0.0533. The highest BCUT2D eigenvalue weighted by Gasteiger charge is 2.51. The maximum Gasteiger partial charge on any atom is 0.192 e. The normalized spacial score (nSPS) is 27.8. The Bertz CT molecular complexity index is 1360. The third-order valence-corrected chi connectivity index (χ3v) is 22.9. The van der Waals surface area contributed by atoms with Crippen LogP contribution in [0.4, 0.5) is 0 Å². The van der Waals surface area contributed by atoms with Gasteiger partial charge in [0.15, 0.2) is 16.6 Å². The van der Waals surface area contributed by atoms with E-state index in [1.807, 2.05) is 18.2 Å². The van der Waals surface area contributed by atoms with Gasteiger partial charge < -0.3 is 51.5 Å². The van der Waals surface area contributed by atoms with Crippen LogP contribution in [0.5, 0.6) is 0 Å². The minimum Gasteiger partial charge on any atom is -0.487 e. The Balaban J connectivity index is 1.57. The highest BCUT2D eigenvalue weighted by Crippen LogP contribution is 2.45. The van der Waals surface area contributed by atoms with Gasteiger partial charge in [-0.3, -0.25) is 0 Å². The molecule has 59 heavy (non-hydrogen) atoms. The second-order valence-electron chi connectivity index (χ2n) is 18.9. The lowest BCUT2D eigenvalue weighted by molar-refractivity contribution is -0.197. The molecule has 0 bridgehead atoms. The molecule has 0 spiro atoms. The summed E-state index contributed by atoms with van der Waals surface area (Å²) in [7, 11) is -0.763. The van der Waals surface area contributed by atoms with Crippen molar-refractivity contribution in [3.63, 3.8) is 0 Å². The van der Waals surface area contributed by atoms with Gasteiger partial charge >= 0.3 is 0 Å². The Morgan fingerprint density at radius 1 is 0.864 bits per heavy atom. The fraction of sp³-hybridized carbons (Fsp3) is 0.826. The van der Waals surface area contributed by atoms with Crippen molar-refractivity contribution in [1.29, 1.82) is 0 Å². The Morgan fingerprint density at radius 3 is 2.20 bits per heavy atom. The van der Waals surface area contributed by atoms with Crippen molar-refractivity contribution in [1.82, 2.24) is 0 Å². The van der Waals surface area contributed by atoms with E-state index in [1.54, 1.807) is 14.2 Å². The van der Waals surface area contributed by atoms with E-state index >= 15 is 0 Å². The summed E-state index contributed by atoms with van der Waals surface area (Å²) in [6, 6.07) is 13.4. The number of rotatable bonds is 25. The van der Waals surface area contributed by atoms with Crippen LogP contribution in [0, 0.1) is 0 Å². The molecule has 1 aromatic rings. The summed E-state index contributed by atoms with van der Waals surface area (Å²) in [5.41, 5.74) is 0.0148. The lowest BCUT2D eigenvalue weighted by atomic mass is 9.88. The molecule has 1 aromatic carbocycles. The standard InChI is InChI=1S/C46H82O11Si2/c1-13-59(14-2,15-3)57-37(32-53-58(11,12)44(4,5)6)30-41(51-35-50-31-36-20-17-16-18-21-36)40-23-24-43-46(8,56-40)28-26-39-38(55-43)25-27-45(7,52-34-48-10)42(54-39)22-19-29-49-33-47-9/h16-18,20-21,23,37-39,41-43H,13-15,19,22,24-35H2,1-12H3/t37-,38+,39-,41?,42+,43-,45-,46+/m0/s1. The molecule has 1 unspecified atom stereocenters. The van der Waals surface area contributed by atoms with E-state index in [9.17, 15) is 0 Å². The first kappa shape index (κ1) is 50.4. The highest BCUT2D eigenvalue weighted by molar-refractivity contribution is 6.74. The lowest BCUT2D eigenvalue weighted by Gasteiger charge is -2.43. The van der Waals surface area contributed by atoms with Gasteiger partial charge in [0.25, 0.3) is 0 Å². The molecule has 3 aliphatic rings. The van der Waals surface area contributed by atoms with Crippen LogP contribution in [-0.2, 0) is 58.1 Å². The first-order valence-corrected chi connectivity index (χ1v) is 27.9. The summed E-state index contributed by atoms with van der Waals surface area (Å²) in [5, 5.41) is 0.0829. The zero-order chi connectivity index (χ0) is 43.2. The summed E-state index contributed by atoms with van der Waals surface area (Å²) < 4.78 is 70.7. The molecule has 0 aliphatic carbocycles.